The van der Waals surface area contributed by atoms with Crippen molar-refractivity contribution < 1.29 is 4.79 Å². The van der Waals surface area contributed by atoms with Gasteiger partial charge in [0.25, 0.3) is 0 Å². The Hall–Kier alpha value is -0.280. The molecular weight excluding hydrogens is 212 g/mol. The number of hydrogen-bond donors (Lipinski definition) is 1. The molecule has 2 rings (SSSR count). The van der Waals surface area contributed by atoms with Crippen LogP contribution in [-0.2, 0) is 4.79 Å². The van der Waals surface area contributed by atoms with Crippen molar-refractivity contribution >= 4 is 18.3 Å². The fourth-order valence-electron chi connectivity index (χ4n) is 2.84. The average Bonchev–Trinajstić information content (AvgIpc) is 2.19. The number of nitrogens with zero attached hydrogens (tertiary/aromatic N) is 1. The molecule has 0 saturated carbocycles. The molecule has 1 amide bonds. The lowest BCUT2D eigenvalue weighted by atomic mass is 9.73. The van der Waals surface area contributed by atoms with Crippen molar-refractivity contribution in [3.8, 4) is 0 Å². The second-order valence-corrected chi connectivity index (χ2v) is 4.79. The second-order valence-electron chi connectivity index (χ2n) is 4.79. The van der Waals surface area contributed by atoms with E-state index in [1.54, 1.807) is 6.92 Å². The Labute approximate surface area is 98.0 Å². The van der Waals surface area contributed by atoms with Crippen LogP contribution in [-0.4, -0.2) is 37.0 Å². The zero-order valence-electron chi connectivity index (χ0n) is 9.42. The summed E-state index contributed by atoms with van der Waals surface area (Å²) in [4.78, 5) is 13.4. The molecule has 2 fully saturated rings. The van der Waals surface area contributed by atoms with Crippen LogP contribution in [0.25, 0.3) is 0 Å². The van der Waals surface area contributed by atoms with Crippen molar-refractivity contribution in [2.45, 2.75) is 32.6 Å². The third-order valence-corrected chi connectivity index (χ3v) is 3.77. The summed E-state index contributed by atoms with van der Waals surface area (Å²) in [6, 6.07) is 0. The van der Waals surface area contributed by atoms with Gasteiger partial charge in [-0.15, -0.1) is 12.4 Å². The molecule has 15 heavy (non-hydrogen) atoms. The first-order valence-corrected chi connectivity index (χ1v) is 5.68. The van der Waals surface area contributed by atoms with E-state index in [1.807, 2.05) is 4.90 Å². The summed E-state index contributed by atoms with van der Waals surface area (Å²) in [5.41, 5.74) is 0.454. The first-order chi connectivity index (χ1) is 6.72. The maximum atomic E-state index is 11.3. The van der Waals surface area contributed by atoms with E-state index in [4.69, 9.17) is 0 Å². The summed E-state index contributed by atoms with van der Waals surface area (Å²) in [6.45, 7) is 5.94. The maximum Gasteiger partial charge on any atom is 0.219 e. The van der Waals surface area contributed by atoms with Gasteiger partial charge in [-0.1, -0.05) is 0 Å². The Bertz CT molecular complexity index is 221. The Morgan fingerprint density at radius 1 is 1.27 bits per heavy atom. The topological polar surface area (TPSA) is 32.3 Å². The molecule has 0 aliphatic carbocycles. The highest BCUT2D eigenvalue weighted by Crippen LogP contribution is 2.37. The molecule has 2 saturated heterocycles. The quantitative estimate of drug-likeness (QED) is 0.685. The standard InChI is InChI=1S/C11H20N2O.ClH/c1-10(14)13-8-2-3-11(9-13)4-6-12-7-5-11;/h12H,2-9H2,1H3;1H. The zero-order valence-corrected chi connectivity index (χ0v) is 10.2. The van der Waals surface area contributed by atoms with E-state index in [-0.39, 0.29) is 18.3 Å². The molecule has 0 radical (unpaired) electrons. The minimum absolute atomic E-state index is 0. The molecule has 0 aromatic carbocycles. The number of amides is 1. The van der Waals surface area contributed by atoms with Gasteiger partial charge < -0.3 is 10.2 Å². The van der Waals surface area contributed by atoms with Gasteiger partial charge >= 0.3 is 0 Å². The number of piperidine rings is 2. The van der Waals surface area contributed by atoms with Gasteiger partial charge in [-0.25, -0.2) is 0 Å². The molecule has 0 atom stereocenters. The lowest BCUT2D eigenvalue weighted by molar-refractivity contribution is -0.132. The summed E-state index contributed by atoms with van der Waals surface area (Å²) < 4.78 is 0. The van der Waals surface area contributed by atoms with E-state index < -0.39 is 0 Å². The van der Waals surface area contributed by atoms with E-state index in [1.165, 1.54) is 25.7 Å². The fourth-order valence-corrected chi connectivity index (χ4v) is 2.84. The molecule has 2 aliphatic heterocycles. The van der Waals surface area contributed by atoms with Crippen LogP contribution in [0.4, 0.5) is 0 Å². The third-order valence-electron chi connectivity index (χ3n) is 3.77. The molecule has 2 heterocycles. The van der Waals surface area contributed by atoms with E-state index in [0.29, 0.717) is 5.41 Å². The molecule has 1 spiro atoms. The number of halogens is 1. The fraction of sp³-hybridized carbons (Fsp3) is 0.909. The molecule has 0 unspecified atom stereocenters. The first kappa shape index (κ1) is 12.8. The maximum absolute atomic E-state index is 11.3. The van der Waals surface area contributed by atoms with Gasteiger partial charge in [0.1, 0.15) is 0 Å². The normalized spacial score (nSPS) is 24.7. The summed E-state index contributed by atoms with van der Waals surface area (Å²) in [5.74, 6) is 0.252. The minimum Gasteiger partial charge on any atom is -0.342 e. The molecule has 1 N–H and O–H groups in total. The van der Waals surface area contributed by atoms with Gasteiger partial charge in [-0.3, -0.25) is 4.79 Å². The van der Waals surface area contributed by atoms with Gasteiger partial charge in [0.05, 0.1) is 0 Å². The lowest BCUT2D eigenvalue weighted by Gasteiger charge is -2.45. The number of likely N-dealkylation sites (tertiary alicyclic amines) is 1. The minimum atomic E-state index is 0. The van der Waals surface area contributed by atoms with Crippen LogP contribution in [0.5, 0.6) is 0 Å². The van der Waals surface area contributed by atoms with Crippen molar-refractivity contribution in [2.75, 3.05) is 26.2 Å². The predicted octanol–water partition coefficient (Wildman–Crippen LogP) is 1.42. The second kappa shape index (κ2) is 5.17. The Morgan fingerprint density at radius 2 is 1.93 bits per heavy atom. The highest BCUT2D eigenvalue weighted by molar-refractivity contribution is 5.85. The lowest BCUT2D eigenvalue weighted by Crippen LogP contribution is -2.49. The summed E-state index contributed by atoms with van der Waals surface area (Å²) in [7, 11) is 0. The van der Waals surface area contributed by atoms with E-state index in [0.717, 1.165) is 26.2 Å². The molecular formula is C11H21ClN2O. The number of rotatable bonds is 0. The molecule has 88 valence electrons. The number of hydrogen-bond acceptors (Lipinski definition) is 2. The Kier molecular flexibility index (Phi) is 4.41. The van der Waals surface area contributed by atoms with Crippen LogP contribution in [0.15, 0.2) is 0 Å². The van der Waals surface area contributed by atoms with Gasteiger partial charge in [0.15, 0.2) is 0 Å². The van der Waals surface area contributed by atoms with Crippen LogP contribution in [0, 0.1) is 5.41 Å². The Morgan fingerprint density at radius 3 is 2.53 bits per heavy atom. The van der Waals surface area contributed by atoms with Crippen molar-refractivity contribution in [1.82, 2.24) is 10.2 Å². The average molecular weight is 233 g/mol. The number of carbonyl (C=O) groups is 1. The molecule has 4 heteroatoms. The molecule has 0 bridgehead atoms. The number of carbonyl (C=O) groups excluding carboxylic acids is 1. The highest BCUT2D eigenvalue weighted by Gasteiger charge is 2.36. The Balaban J connectivity index is 0.00000112. The smallest absolute Gasteiger partial charge is 0.219 e. The predicted molar refractivity (Wildman–Crippen MR) is 63.3 cm³/mol. The van der Waals surface area contributed by atoms with Crippen LogP contribution < -0.4 is 5.32 Å². The van der Waals surface area contributed by atoms with Gasteiger partial charge in [-0.2, -0.15) is 0 Å². The zero-order chi connectivity index (χ0) is 10.0. The molecule has 3 nitrogen and oxygen atoms in total. The van der Waals surface area contributed by atoms with Crippen molar-refractivity contribution in [3.63, 3.8) is 0 Å². The van der Waals surface area contributed by atoms with Crippen LogP contribution in [0.3, 0.4) is 0 Å². The largest absolute Gasteiger partial charge is 0.342 e. The first-order valence-electron chi connectivity index (χ1n) is 5.68. The van der Waals surface area contributed by atoms with Crippen molar-refractivity contribution in [2.24, 2.45) is 5.41 Å². The SMILES string of the molecule is CC(=O)N1CCCC2(CCNCC2)C1.Cl. The van der Waals surface area contributed by atoms with Gasteiger partial charge in [0.2, 0.25) is 5.91 Å². The van der Waals surface area contributed by atoms with E-state index in [9.17, 15) is 4.79 Å². The van der Waals surface area contributed by atoms with Crippen LogP contribution in [0.2, 0.25) is 0 Å². The van der Waals surface area contributed by atoms with E-state index in [2.05, 4.69) is 5.32 Å². The third kappa shape index (κ3) is 2.85. The summed E-state index contributed by atoms with van der Waals surface area (Å²) in [5, 5.41) is 3.40. The van der Waals surface area contributed by atoms with Gasteiger partial charge in [0, 0.05) is 20.0 Å². The number of nitrogens with one attached hydrogen (secondary N) is 1. The van der Waals surface area contributed by atoms with Crippen molar-refractivity contribution in [3.05, 3.63) is 0 Å². The van der Waals surface area contributed by atoms with Crippen LogP contribution in [0.1, 0.15) is 32.6 Å². The molecule has 0 aromatic heterocycles. The monoisotopic (exact) mass is 232 g/mol. The summed E-state index contributed by atoms with van der Waals surface area (Å²) in [6.07, 6.45) is 5.01. The van der Waals surface area contributed by atoms with Crippen LogP contribution >= 0.6 is 12.4 Å². The van der Waals surface area contributed by atoms with Crippen molar-refractivity contribution in [1.29, 1.82) is 0 Å². The highest BCUT2D eigenvalue weighted by atomic mass is 35.5. The summed E-state index contributed by atoms with van der Waals surface area (Å²) >= 11 is 0. The van der Waals surface area contributed by atoms with E-state index >= 15 is 0 Å². The molecule has 2 aliphatic rings. The van der Waals surface area contributed by atoms with Gasteiger partial charge in [-0.05, 0) is 44.2 Å². The molecule has 0 aromatic rings.